The van der Waals surface area contributed by atoms with E-state index in [1.165, 1.54) is 6.20 Å². The monoisotopic (exact) mass is 381 g/mol. The third kappa shape index (κ3) is 3.18. The summed E-state index contributed by atoms with van der Waals surface area (Å²) in [7, 11) is 3.20. The lowest BCUT2D eigenvalue weighted by Crippen LogP contribution is -2.07. The molecule has 0 bridgehead atoms. The fraction of sp³-hybridized carbons (Fsp3) is 0.250. The lowest BCUT2D eigenvalue weighted by Gasteiger charge is -2.14. The van der Waals surface area contributed by atoms with Gasteiger partial charge in [0.25, 0.3) is 0 Å². The molecule has 144 valence electrons. The van der Waals surface area contributed by atoms with E-state index in [0.717, 1.165) is 22.1 Å². The molecule has 0 saturated heterocycles. The highest BCUT2D eigenvalue weighted by Gasteiger charge is 2.22. The first-order valence-corrected chi connectivity index (χ1v) is 8.68. The number of nitrogens with one attached hydrogen (secondary N) is 1. The molecule has 0 aliphatic carbocycles. The van der Waals surface area contributed by atoms with Crippen LogP contribution in [0.1, 0.15) is 27.2 Å². The van der Waals surface area contributed by atoms with Gasteiger partial charge in [0.2, 0.25) is 0 Å². The molecular weight excluding hydrogens is 362 g/mol. The van der Waals surface area contributed by atoms with Crippen LogP contribution in [-0.4, -0.2) is 35.3 Å². The van der Waals surface area contributed by atoms with Crippen molar-refractivity contribution in [2.75, 3.05) is 19.5 Å². The van der Waals surface area contributed by atoms with Crippen LogP contribution in [0.15, 0.2) is 30.5 Å². The molecule has 0 amide bonds. The third-order valence-corrected chi connectivity index (χ3v) is 4.71. The first kappa shape index (κ1) is 18.0. The summed E-state index contributed by atoms with van der Waals surface area (Å²) < 4.78 is 16.2. The summed E-state index contributed by atoms with van der Waals surface area (Å²) in [5.41, 5.74) is 3.52. The van der Waals surface area contributed by atoms with E-state index in [0.29, 0.717) is 42.6 Å². The summed E-state index contributed by atoms with van der Waals surface area (Å²) in [6.07, 6.45) is 1.49. The number of anilines is 1. The molecule has 3 aromatic rings. The van der Waals surface area contributed by atoms with Crippen LogP contribution in [0.3, 0.4) is 0 Å². The molecule has 2 N–H and O–H groups in total. The van der Waals surface area contributed by atoms with Crippen LogP contribution in [0, 0.1) is 0 Å². The average molecular weight is 381 g/mol. The number of carbonyl (C=O) groups is 1. The van der Waals surface area contributed by atoms with Gasteiger partial charge in [0.15, 0.2) is 11.5 Å². The van der Waals surface area contributed by atoms with Crippen LogP contribution >= 0.6 is 0 Å². The molecule has 0 fully saturated rings. The number of ether oxygens (including phenoxy) is 3. The number of hydrogen-bond donors (Lipinski definition) is 2. The van der Waals surface area contributed by atoms with Crippen LogP contribution < -0.4 is 14.8 Å². The molecule has 8 heteroatoms. The lowest BCUT2D eigenvalue weighted by molar-refractivity contribution is 0.0690. The number of fused-ring (bicyclic) bond motifs is 3. The molecule has 0 atom stereocenters. The first-order valence-electron chi connectivity index (χ1n) is 8.68. The molecule has 0 spiro atoms. The van der Waals surface area contributed by atoms with E-state index in [1.807, 2.05) is 18.2 Å². The minimum Gasteiger partial charge on any atom is -0.493 e. The summed E-state index contributed by atoms with van der Waals surface area (Å²) in [5.74, 6) is 0.974. The lowest BCUT2D eigenvalue weighted by atomic mass is 10.1. The number of benzene rings is 1. The average Bonchev–Trinajstić information content (AvgIpc) is 3.21. The van der Waals surface area contributed by atoms with Gasteiger partial charge in [-0.1, -0.05) is 6.07 Å². The van der Waals surface area contributed by atoms with Gasteiger partial charge in [-0.25, -0.2) is 14.8 Å². The first-order chi connectivity index (χ1) is 13.6. The highest BCUT2D eigenvalue weighted by molar-refractivity contribution is 5.93. The molecule has 4 rings (SSSR count). The molecule has 0 unspecified atom stereocenters. The van der Waals surface area contributed by atoms with E-state index < -0.39 is 5.97 Å². The standard InChI is InChI=1S/C20H19N3O5/c1-26-17-4-3-11(5-18(17)27-2)7-22-19-14-10-28-9-13(14)12-6-15(20(24)25)21-8-16(12)23-19/h3-6,8H,7,9-10H2,1-2H3,(H,22,23)(H,24,25). The highest BCUT2D eigenvalue weighted by Crippen LogP contribution is 2.33. The highest BCUT2D eigenvalue weighted by atomic mass is 16.5. The van der Waals surface area contributed by atoms with E-state index in [1.54, 1.807) is 20.3 Å². The molecule has 1 aliphatic rings. The van der Waals surface area contributed by atoms with Crippen molar-refractivity contribution in [2.24, 2.45) is 0 Å². The van der Waals surface area contributed by atoms with E-state index >= 15 is 0 Å². The molecule has 3 heterocycles. The summed E-state index contributed by atoms with van der Waals surface area (Å²) >= 11 is 0. The number of nitrogens with zero attached hydrogens (tertiary/aromatic N) is 2. The molecule has 0 saturated carbocycles. The topological polar surface area (TPSA) is 103 Å². The maximum absolute atomic E-state index is 11.2. The molecule has 28 heavy (non-hydrogen) atoms. The number of carboxylic acid groups (broad SMARTS) is 1. The van der Waals surface area contributed by atoms with Gasteiger partial charge in [0.1, 0.15) is 11.5 Å². The van der Waals surface area contributed by atoms with Gasteiger partial charge in [-0.3, -0.25) is 0 Å². The Bertz CT molecular complexity index is 1070. The minimum atomic E-state index is -1.06. The Morgan fingerprint density at radius 2 is 1.96 bits per heavy atom. The summed E-state index contributed by atoms with van der Waals surface area (Å²) in [6.45, 7) is 1.38. The van der Waals surface area contributed by atoms with E-state index in [2.05, 4.69) is 15.3 Å². The molecule has 1 aliphatic heterocycles. The van der Waals surface area contributed by atoms with Gasteiger partial charge in [0.05, 0.1) is 39.1 Å². The van der Waals surface area contributed by atoms with E-state index in [-0.39, 0.29) is 5.69 Å². The number of carboxylic acids is 1. The summed E-state index contributed by atoms with van der Waals surface area (Å²) in [6, 6.07) is 7.27. The molecule has 8 nitrogen and oxygen atoms in total. The van der Waals surface area contributed by atoms with Crippen molar-refractivity contribution >= 4 is 22.7 Å². The van der Waals surface area contributed by atoms with Crippen LogP contribution in [0.2, 0.25) is 0 Å². The number of aromatic carboxylic acids is 1. The smallest absolute Gasteiger partial charge is 0.354 e. The van der Waals surface area contributed by atoms with Crippen molar-refractivity contribution in [3.8, 4) is 11.5 Å². The van der Waals surface area contributed by atoms with Crippen LogP contribution in [0.4, 0.5) is 5.82 Å². The minimum absolute atomic E-state index is 0.00515. The van der Waals surface area contributed by atoms with Crippen molar-refractivity contribution in [1.29, 1.82) is 0 Å². The number of methoxy groups -OCH3 is 2. The van der Waals surface area contributed by atoms with Gasteiger partial charge in [-0.05, 0) is 29.3 Å². The summed E-state index contributed by atoms with van der Waals surface area (Å²) in [4.78, 5) is 19.8. The molecule has 0 radical (unpaired) electrons. The second-order valence-corrected chi connectivity index (χ2v) is 6.35. The second-order valence-electron chi connectivity index (χ2n) is 6.35. The molecule has 1 aromatic carbocycles. The van der Waals surface area contributed by atoms with Crippen LogP contribution in [0.25, 0.3) is 10.9 Å². The Labute approximate surface area is 161 Å². The zero-order valence-corrected chi connectivity index (χ0v) is 15.5. The number of hydrogen-bond acceptors (Lipinski definition) is 7. The predicted molar refractivity (Wildman–Crippen MR) is 102 cm³/mol. The third-order valence-electron chi connectivity index (χ3n) is 4.71. The second kappa shape index (κ2) is 7.32. The van der Waals surface area contributed by atoms with Crippen molar-refractivity contribution in [3.05, 3.63) is 52.8 Å². The quantitative estimate of drug-likeness (QED) is 0.672. The van der Waals surface area contributed by atoms with Crippen LogP contribution in [0.5, 0.6) is 11.5 Å². The Morgan fingerprint density at radius 1 is 1.18 bits per heavy atom. The van der Waals surface area contributed by atoms with Gasteiger partial charge >= 0.3 is 5.97 Å². The van der Waals surface area contributed by atoms with E-state index in [4.69, 9.17) is 14.2 Å². The largest absolute Gasteiger partial charge is 0.493 e. The van der Waals surface area contributed by atoms with Gasteiger partial charge in [-0.2, -0.15) is 0 Å². The molecule has 2 aromatic heterocycles. The normalized spacial score (nSPS) is 12.6. The fourth-order valence-electron chi connectivity index (χ4n) is 3.29. The Morgan fingerprint density at radius 3 is 2.71 bits per heavy atom. The number of rotatable bonds is 6. The van der Waals surface area contributed by atoms with Crippen molar-refractivity contribution in [2.45, 2.75) is 19.8 Å². The molecular formula is C20H19N3O5. The number of aromatic nitrogens is 2. The fourth-order valence-corrected chi connectivity index (χ4v) is 3.29. The Balaban J connectivity index is 1.66. The predicted octanol–water partition coefficient (Wildman–Crippen LogP) is 2.99. The number of pyridine rings is 2. The van der Waals surface area contributed by atoms with Gasteiger partial charge < -0.3 is 24.6 Å². The summed E-state index contributed by atoms with van der Waals surface area (Å²) in [5, 5.41) is 13.3. The maximum atomic E-state index is 11.2. The van der Waals surface area contributed by atoms with Gasteiger partial charge in [0, 0.05) is 17.5 Å². The van der Waals surface area contributed by atoms with Gasteiger partial charge in [-0.15, -0.1) is 0 Å². The van der Waals surface area contributed by atoms with Crippen molar-refractivity contribution < 1.29 is 24.1 Å². The SMILES string of the molecule is COc1ccc(CNc2nc3cnc(C(=O)O)cc3c3c2COC3)cc1OC. The van der Waals surface area contributed by atoms with E-state index in [9.17, 15) is 9.90 Å². The Hall–Kier alpha value is -3.39. The van der Waals surface area contributed by atoms with Crippen molar-refractivity contribution in [3.63, 3.8) is 0 Å². The van der Waals surface area contributed by atoms with Crippen molar-refractivity contribution in [1.82, 2.24) is 9.97 Å². The van der Waals surface area contributed by atoms with Crippen LogP contribution in [-0.2, 0) is 24.5 Å². The maximum Gasteiger partial charge on any atom is 0.354 e. The zero-order valence-electron chi connectivity index (χ0n) is 15.5. The zero-order chi connectivity index (χ0) is 19.7. The Kier molecular flexibility index (Phi) is 4.70.